The van der Waals surface area contributed by atoms with Crippen LogP contribution in [0.2, 0.25) is 0 Å². The van der Waals surface area contributed by atoms with Crippen molar-refractivity contribution in [3.05, 3.63) is 89.2 Å². The van der Waals surface area contributed by atoms with Crippen molar-refractivity contribution in [3.63, 3.8) is 0 Å². The van der Waals surface area contributed by atoms with Crippen molar-refractivity contribution in [1.82, 2.24) is 9.78 Å². The first-order valence-corrected chi connectivity index (χ1v) is 8.51. The van der Waals surface area contributed by atoms with Crippen LogP contribution in [0.1, 0.15) is 38.8 Å². The number of aryl methyl sites for hydroxylation is 1. The predicted octanol–water partition coefficient (Wildman–Crippen LogP) is 3.53. The second-order valence-electron chi connectivity index (χ2n) is 5.95. The Morgan fingerprint density at radius 2 is 1.62 bits per heavy atom. The number of carbonyl (C=O) groups excluding carboxylic acids is 2. The molecule has 132 valence electrons. The standard InChI is InChI=1S/C21H20N2O3/c1-2-16-4-8-18(9-5-16)20(24)15-26-21(25)19-10-6-17(7-11-19)14-23-13-3-12-22-23/h3-13H,2,14-15H2,1H3. The highest BCUT2D eigenvalue weighted by Gasteiger charge is 2.12. The van der Waals surface area contributed by atoms with Crippen molar-refractivity contribution >= 4 is 11.8 Å². The number of aromatic nitrogens is 2. The number of benzene rings is 2. The molecule has 2 aromatic carbocycles. The van der Waals surface area contributed by atoms with E-state index in [1.165, 1.54) is 0 Å². The van der Waals surface area contributed by atoms with E-state index in [9.17, 15) is 9.59 Å². The zero-order valence-electron chi connectivity index (χ0n) is 14.6. The lowest BCUT2D eigenvalue weighted by Crippen LogP contribution is -2.14. The third kappa shape index (κ3) is 4.45. The van der Waals surface area contributed by atoms with Gasteiger partial charge in [-0.05, 0) is 35.7 Å². The lowest BCUT2D eigenvalue weighted by Gasteiger charge is -2.06. The molecule has 0 aliphatic rings. The molecule has 0 fully saturated rings. The Morgan fingerprint density at radius 1 is 0.962 bits per heavy atom. The number of esters is 1. The average molecular weight is 348 g/mol. The molecule has 5 heteroatoms. The van der Waals surface area contributed by atoms with Crippen LogP contribution < -0.4 is 0 Å². The fourth-order valence-electron chi connectivity index (χ4n) is 2.55. The molecule has 0 spiro atoms. The summed E-state index contributed by atoms with van der Waals surface area (Å²) in [6, 6.07) is 16.3. The average Bonchev–Trinajstić information content (AvgIpc) is 3.19. The van der Waals surface area contributed by atoms with Gasteiger partial charge in [0.2, 0.25) is 0 Å². The van der Waals surface area contributed by atoms with Gasteiger partial charge in [-0.25, -0.2) is 4.79 Å². The fraction of sp³-hybridized carbons (Fsp3) is 0.190. The molecule has 0 aliphatic heterocycles. The highest BCUT2D eigenvalue weighted by atomic mass is 16.5. The smallest absolute Gasteiger partial charge is 0.338 e. The summed E-state index contributed by atoms with van der Waals surface area (Å²) in [7, 11) is 0. The fourth-order valence-corrected chi connectivity index (χ4v) is 2.55. The van der Waals surface area contributed by atoms with Crippen LogP contribution in [0.15, 0.2) is 67.0 Å². The second kappa shape index (κ2) is 8.25. The summed E-state index contributed by atoms with van der Waals surface area (Å²) in [6.07, 6.45) is 4.51. The largest absolute Gasteiger partial charge is 0.454 e. The van der Waals surface area contributed by atoms with Crippen molar-refractivity contribution in [2.45, 2.75) is 19.9 Å². The summed E-state index contributed by atoms with van der Waals surface area (Å²) in [5.74, 6) is -0.717. The Balaban J connectivity index is 1.54. The first-order chi connectivity index (χ1) is 12.7. The first kappa shape index (κ1) is 17.6. The number of carbonyl (C=O) groups is 2. The van der Waals surface area contributed by atoms with Gasteiger partial charge in [0.25, 0.3) is 0 Å². The normalized spacial score (nSPS) is 10.5. The van der Waals surface area contributed by atoms with E-state index in [-0.39, 0.29) is 12.4 Å². The maximum absolute atomic E-state index is 12.1. The van der Waals surface area contributed by atoms with E-state index in [0.717, 1.165) is 17.5 Å². The van der Waals surface area contributed by atoms with E-state index >= 15 is 0 Å². The first-order valence-electron chi connectivity index (χ1n) is 8.51. The lowest BCUT2D eigenvalue weighted by atomic mass is 10.1. The molecule has 0 aliphatic carbocycles. The maximum Gasteiger partial charge on any atom is 0.338 e. The number of ketones is 1. The van der Waals surface area contributed by atoms with Crippen molar-refractivity contribution in [1.29, 1.82) is 0 Å². The third-order valence-corrected chi connectivity index (χ3v) is 4.11. The Kier molecular flexibility index (Phi) is 5.59. The number of ether oxygens (including phenoxy) is 1. The molecule has 0 N–H and O–H groups in total. The van der Waals surface area contributed by atoms with Gasteiger partial charge in [0.1, 0.15) is 0 Å². The van der Waals surface area contributed by atoms with Gasteiger partial charge in [-0.15, -0.1) is 0 Å². The van der Waals surface area contributed by atoms with Gasteiger partial charge in [0.05, 0.1) is 12.1 Å². The zero-order chi connectivity index (χ0) is 18.4. The molecule has 0 unspecified atom stereocenters. The summed E-state index contributed by atoms with van der Waals surface area (Å²) < 4.78 is 6.94. The van der Waals surface area contributed by atoms with Crippen LogP contribution in [0.5, 0.6) is 0 Å². The summed E-state index contributed by atoms with van der Waals surface area (Å²) >= 11 is 0. The molecule has 0 amide bonds. The molecule has 0 radical (unpaired) electrons. The van der Waals surface area contributed by atoms with Gasteiger partial charge in [0.15, 0.2) is 12.4 Å². The summed E-state index contributed by atoms with van der Waals surface area (Å²) in [5.41, 5.74) is 3.15. The molecule has 3 rings (SSSR count). The van der Waals surface area contributed by atoms with Gasteiger partial charge >= 0.3 is 5.97 Å². The number of hydrogen-bond donors (Lipinski definition) is 0. The molecule has 26 heavy (non-hydrogen) atoms. The van der Waals surface area contributed by atoms with Gasteiger partial charge in [0, 0.05) is 18.0 Å². The Bertz CT molecular complexity index is 867. The molecule has 1 aromatic heterocycles. The maximum atomic E-state index is 12.1. The summed E-state index contributed by atoms with van der Waals surface area (Å²) in [6.45, 7) is 2.42. The van der Waals surface area contributed by atoms with Gasteiger partial charge in [-0.1, -0.05) is 43.3 Å². The van der Waals surface area contributed by atoms with Crippen molar-refractivity contribution < 1.29 is 14.3 Å². The SMILES string of the molecule is CCc1ccc(C(=O)COC(=O)c2ccc(Cn3cccn3)cc2)cc1. The van der Waals surface area contributed by atoms with Gasteiger partial charge < -0.3 is 4.74 Å². The molecule has 0 atom stereocenters. The van der Waals surface area contributed by atoms with Gasteiger partial charge in [-0.3, -0.25) is 9.48 Å². The second-order valence-corrected chi connectivity index (χ2v) is 5.95. The van der Waals surface area contributed by atoms with Crippen LogP contribution in [0.25, 0.3) is 0 Å². The highest BCUT2D eigenvalue weighted by molar-refractivity contribution is 5.99. The molecule has 1 heterocycles. The van der Waals surface area contributed by atoms with E-state index in [4.69, 9.17) is 4.74 Å². The van der Waals surface area contributed by atoms with Crippen LogP contribution in [0.3, 0.4) is 0 Å². The minimum atomic E-state index is -0.505. The Morgan fingerprint density at radius 3 is 2.23 bits per heavy atom. The molecule has 0 saturated carbocycles. The zero-order valence-corrected chi connectivity index (χ0v) is 14.6. The Hall–Kier alpha value is -3.21. The van der Waals surface area contributed by atoms with E-state index < -0.39 is 5.97 Å². The monoisotopic (exact) mass is 348 g/mol. The number of rotatable bonds is 7. The minimum absolute atomic E-state index is 0.212. The number of Topliss-reactive ketones (excluding diaryl/α,β-unsaturated/α-hetero) is 1. The quantitative estimate of drug-likeness (QED) is 0.484. The Labute approximate surface area is 152 Å². The van der Waals surface area contributed by atoms with Gasteiger partial charge in [-0.2, -0.15) is 5.10 Å². The molecular weight excluding hydrogens is 328 g/mol. The highest BCUT2D eigenvalue weighted by Crippen LogP contribution is 2.09. The molecule has 0 bridgehead atoms. The van der Waals surface area contributed by atoms with Crippen molar-refractivity contribution in [2.75, 3.05) is 6.61 Å². The van der Waals surface area contributed by atoms with Crippen molar-refractivity contribution in [2.24, 2.45) is 0 Å². The molecule has 3 aromatic rings. The number of hydrogen-bond acceptors (Lipinski definition) is 4. The molecular formula is C21H20N2O3. The summed E-state index contributed by atoms with van der Waals surface area (Å²) in [5, 5.41) is 4.15. The minimum Gasteiger partial charge on any atom is -0.454 e. The van der Waals surface area contributed by atoms with Crippen molar-refractivity contribution in [3.8, 4) is 0 Å². The van der Waals surface area contributed by atoms with E-state index in [1.54, 1.807) is 35.1 Å². The molecule has 5 nitrogen and oxygen atoms in total. The van der Waals surface area contributed by atoms with Crippen LogP contribution in [0, 0.1) is 0 Å². The van der Waals surface area contributed by atoms with E-state index in [1.807, 2.05) is 36.5 Å². The number of nitrogens with zero attached hydrogens (tertiary/aromatic N) is 2. The van der Waals surface area contributed by atoms with Crippen LogP contribution in [-0.4, -0.2) is 28.1 Å². The lowest BCUT2D eigenvalue weighted by molar-refractivity contribution is 0.0474. The van der Waals surface area contributed by atoms with Crippen LogP contribution in [0.4, 0.5) is 0 Å². The van der Waals surface area contributed by atoms with E-state index in [2.05, 4.69) is 12.0 Å². The van der Waals surface area contributed by atoms with E-state index in [0.29, 0.717) is 17.7 Å². The van der Waals surface area contributed by atoms with Crippen LogP contribution >= 0.6 is 0 Å². The topological polar surface area (TPSA) is 61.2 Å². The molecule has 0 saturated heterocycles. The third-order valence-electron chi connectivity index (χ3n) is 4.11. The predicted molar refractivity (Wildman–Crippen MR) is 98.2 cm³/mol. The summed E-state index contributed by atoms with van der Waals surface area (Å²) in [4.78, 5) is 24.2. The van der Waals surface area contributed by atoms with Crippen LogP contribution in [-0.2, 0) is 17.7 Å².